The normalized spacial score (nSPS) is 13.4. The number of halogens is 7. The van der Waals surface area contributed by atoms with Crippen molar-refractivity contribution < 1.29 is 32.8 Å². The minimum absolute atomic E-state index is 0.130. The van der Waals surface area contributed by atoms with Gasteiger partial charge in [-0.25, -0.2) is 32.8 Å². The van der Waals surface area contributed by atoms with Gasteiger partial charge in [0.15, 0.2) is 0 Å². The molecule has 5 aromatic heterocycles. The summed E-state index contributed by atoms with van der Waals surface area (Å²) in [4.78, 5) is 72.0. The lowest BCUT2D eigenvalue weighted by Crippen LogP contribution is -2.38. The molecule has 10 aromatic carbocycles. The maximum atomic E-state index is 13.5. The van der Waals surface area contributed by atoms with Crippen LogP contribution in [0, 0.1) is 32.4 Å². The van der Waals surface area contributed by atoms with E-state index in [4.69, 9.17) is 58.0 Å². The van der Waals surface area contributed by atoms with Crippen LogP contribution in [0.25, 0.3) is 56.3 Å². The molecule has 0 unspecified atom stereocenters. The molecule has 5 aliphatic rings. The van der Waals surface area contributed by atoms with Gasteiger partial charge in [0.2, 0.25) is 0 Å². The summed E-state index contributed by atoms with van der Waals surface area (Å²) in [5.74, 6) is -0.605. The number of aryl methyl sites for hydroxylation is 3. The van der Waals surface area contributed by atoms with Gasteiger partial charge >= 0.3 is 30.2 Å². The Morgan fingerprint density at radius 2 is 0.569 bits per heavy atom. The molecule has 10 heterocycles. The molecule has 0 saturated carbocycles. The van der Waals surface area contributed by atoms with Gasteiger partial charge in [0.1, 0.15) is 11.6 Å². The van der Waals surface area contributed by atoms with Gasteiger partial charge in [-0.3, -0.25) is 25.5 Å². The fourth-order valence-electron chi connectivity index (χ4n) is 15.9. The first-order valence-electron chi connectivity index (χ1n) is 42.1. The standard InChI is InChI=1S/3C20H19ClN4O.2C19H16ClFN4O/c1-13-4-2-5-14(10-13)19-17-12-25(9-8-18(17)23-24-19)20(26)22-16-7-3-6-15(21)11-16;1-13-5-2-3-8-16(13)19-17-12-25(10-9-18(17)23-24-19)20(26)22-15-7-4-6-14(21)11-15;1-13-5-7-14(8-6-13)19-17-12-25(10-9-18(17)23-24-19)20(26)22-16-4-2-3-15(21)11-16;20-13-4-2-6-15(10-13)22-19(26)25-8-7-17-16(11-25)18(24-23-17)12-3-1-5-14(21)9-12;20-13-2-1-3-15(10-13)22-19(26)25-9-8-17-16(11-25)18(24-23-17)12-4-6-14(21)7-5-12/h2-7,10-11H,8-9,12H2,1H3,(H,22,26)(H,23,24);2*2-8,11H,9-10,12H2,1H3,(H,22,26)(H,23,24);1-6,9-10H,7-8,11H2,(H,22,26)(H,23,24);1-7,10H,8-9,11H2,(H,22,26)(H,23,24). The minimum Gasteiger partial charge on any atom is -0.320 e. The van der Waals surface area contributed by atoms with Crippen LogP contribution in [0.2, 0.25) is 25.1 Å². The van der Waals surface area contributed by atoms with Gasteiger partial charge < -0.3 is 51.1 Å². The van der Waals surface area contributed by atoms with Crippen molar-refractivity contribution in [2.75, 3.05) is 59.3 Å². The van der Waals surface area contributed by atoms with Gasteiger partial charge in [-0.15, -0.1) is 0 Å². The fraction of sp³-hybridized carbons (Fsp3) is 0.184. The molecule has 0 spiro atoms. The Bertz CT molecular complexity index is 6320. The number of aromatic nitrogens is 10. The van der Waals surface area contributed by atoms with Gasteiger partial charge in [0, 0.05) is 202 Å². The predicted octanol–water partition coefficient (Wildman–Crippen LogP) is 22.8. The van der Waals surface area contributed by atoms with Crippen LogP contribution in [0.15, 0.2) is 243 Å². The summed E-state index contributed by atoms with van der Waals surface area (Å²) < 4.78 is 26.7. The largest absolute Gasteiger partial charge is 0.322 e. The van der Waals surface area contributed by atoms with Crippen LogP contribution in [0.1, 0.15) is 73.0 Å². The highest BCUT2D eigenvalue weighted by atomic mass is 35.5. The first-order valence-corrected chi connectivity index (χ1v) is 44.0. The molecule has 0 bridgehead atoms. The van der Waals surface area contributed by atoms with E-state index < -0.39 is 0 Å². The average molecular weight is 1840 g/mol. The first kappa shape index (κ1) is 89.3. The molecule has 10 N–H and O–H groups in total. The van der Waals surface area contributed by atoms with Crippen molar-refractivity contribution in [2.45, 2.75) is 85.6 Å². The number of benzene rings is 10. The lowest BCUT2D eigenvalue weighted by molar-refractivity contribution is 0.205. The van der Waals surface area contributed by atoms with Crippen molar-refractivity contribution in [1.82, 2.24) is 75.5 Å². The minimum atomic E-state index is -0.314. The van der Waals surface area contributed by atoms with E-state index in [2.05, 4.69) is 153 Å². The molecule has 15 aromatic rings. The Balaban J connectivity index is 0.000000119. The number of amides is 10. The highest BCUT2D eigenvalue weighted by molar-refractivity contribution is 6.32. The van der Waals surface area contributed by atoms with Gasteiger partial charge in [-0.05, 0) is 160 Å². The lowest BCUT2D eigenvalue weighted by atomic mass is 9.98. The number of aromatic amines is 5. The molecule has 32 heteroatoms. The fourth-order valence-corrected chi connectivity index (χ4v) is 16.9. The quantitative estimate of drug-likeness (QED) is 0.0617. The molecule has 25 nitrogen and oxygen atoms in total. The smallest absolute Gasteiger partial charge is 0.320 e. The molecule has 130 heavy (non-hydrogen) atoms. The van der Waals surface area contributed by atoms with E-state index in [0.29, 0.717) is 143 Å². The highest BCUT2D eigenvalue weighted by Crippen LogP contribution is 2.37. The number of H-pyrrole nitrogens is 5. The average Bonchev–Trinajstić information content (AvgIpc) is 1.65. The summed E-state index contributed by atoms with van der Waals surface area (Å²) >= 11 is 29.9. The number of anilines is 5. The van der Waals surface area contributed by atoms with Crippen LogP contribution in [-0.4, -0.2) is 138 Å². The lowest BCUT2D eigenvalue weighted by Gasteiger charge is -2.27. The van der Waals surface area contributed by atoms with Crippen LogP contribution < -0.4 is 26.6 Å². The van der Waals surface area contributed by atoms with Crippen LogP contribution in [0.3, 0.4) is 0 Å². The zero-order chi connectivity index (χ0) is 90.5. The summed E-state index contributed by atoms with van der Waals surface area (Å²) in [6, 6.07) is 72.0. The second-order valence-corrected chi connectivity index (χ2v) is 34.0. The SMILES string of the molecule is Cc1ccc(-c2n[nH]c3c2CN(C(=O)Nc2cccc(Cl)c2)CC3)cc1.Cc1cccc(-c2n[nH]c3c2CN(C(=O)Nc2cccc(Cl)c2)CC3)c1.Cc1ccccc1-c1n[nH]c2c1CN(C(=O)Nc1cccc(Cl)c1)CC2.O=C(Nc1cccc(Cl)c1)N1CCc2[nH]nc(-c3ccc(F)cc3)c2C1.O=C(Nc1cccc(Cl)c1)N1CCc2[nH]nc(-c3cccc(F)c3)c2C1. The summed E-state index contributed by atoms with van der Waals surface area (Å²) in [6.07, 6.45) is 3.64. The molecule has 0 radical (unpaired) electrons. The molecule has 5 aliphatic heterocycles. The first-order chi connectivity index (χ1) is 63.0. The number of carbonyl (C=O) groups is 5. The number of urea groups is 5. The van der Waals surface area contributed by atoms with Crippen molar-refractivity contribution in [1.29, 1.82) is 0 Å². The Hall–Kier alpha value is -14.1. The van der Waals surface area contributed by atoms with E-state index in [9.17, 15) is 32.8 Å². The molecule has 20 rings (SSSR count). The number of nitrogens with one attached hydrogen (secondary N) is 10. The third-order valence-corrected chi connectivity index (χ3v) is 23.9. The molecule has 0 fully saturated rings. The molecular formula is C98H89Cl5F2N20O5. The summed E-state index contributed by atoms with van der Waals surface area (Å²) in [6.45, 7) is 11.7. The van der Waals surface area contributed by atoms with E-state index in [1.807, 2.05) is 60.7 Å². The summed E-state index contributed by atoms with van der Waals surface area (Å²) in [5.41, 5.74) is 26.3. The second-order valence-electron chi connectivity index (χ2n) is 31.8. The number of hydrogen-bond acceptors (Lipinski definition) is 10. The van der Waals surface area contributed by atoms with E-state index in [-0.39, 0.29) is 41.8 Å². The zero-order valence-corrected chi connectivity index (χ0v) is 74.6. The third kappa shape index (κ3) is 22.0. The number of carbonyl (C=O) groups excluding carboxylic acids is 5. The molecule has 0 aliphatic carbocycles. The monoisotopic (exact) mass is 1840 g/mol. The highest BCUT2D eigenvalue weighted by Gasteiger charge is 2.33. The van der Waals surface area contributed by atoms with Crippen LogP contribution in [0.4, 0.5) is 61.2 Å². The number of fused-ring (bicyclic) bond motifs is 5. The van der Waals surface area contributed by atoms with Gasteiger partial charge in [-0.2, -0.15) is 25.5 Å². The topological polar surface area (TPSA) is 305 Å². The maximum Gasteiger partial charge on any atom is 0.322 e. The van der Waals surface area contributed by atoms with Crippen molar-refractivity contribution in [2.24, 2.45) is 0 Å². The van der Waals surface area contributed by atoms with Gasteiger partial charge in [-0.1, -0.05) is 178 Å². The van der Waals surface area contributed by atoms with E-state index in [1.54, 1.807) is 128 Å². The Kier molecular flexibility index (Phi) is 28.1. The second kappa shape index (κ2) is 40.9. The molecular weight excluding hydrogens is 1750 g/mol. The number of hydrogen-bond donors (Lipinski definition) is 10. The van der Waals surface area contributed by atoms with Gasteiger partial charge in [0.05, 0.1) is 61.2 Å². The maximum absolute atomic E-state index is 13.5. The predicted molar refractivity (Wildman–Crippen MR) is 507 cm³/mol. The Morgan fingerprint density at radius 1 is 0.285 bits per heavy atom. The zero-order valence-electron chi connectivity index (χ0n) is 70.9. The van der Waals surface area contributed by atoms with Gasteiger partial charge in [0.25, 0.3) is 0 Å². The van der Waals surface area contributed by atoms with Crippen LogP contribution in [-0.2, 0) is 64.8 Å². The van der Waals surface area contributed by atoms with Crippen molar-refractivity contribution in [3.05, 3.63) is 352 Å². The van der Waals surface area contributed by atoms with E-state index in [0.717, 1.165) is 121 Å². The van der Waals surface area contributed by atoms with Crippen molar-refractivity contribution in [3.8, 4) is 56.3 Å². The van der Waals surface area contributed by atoms with E-state index >= 15 is 0 Å². The Morgan fingerprint density at radius 3 is 0.885 bits per heavy atom. The number of nitrogens with zero attached hydrogens (tertiary/aromatic N) is 10. The van der Waals surface area contributed by atoms with Crippen molar-refractivity contribution in [3.63, 3.8) is 0 Å². The molecule has 0 atom stereocenters. The van der Waals surface area contributed by atoms with Crippen molar-refractivity contribution >= 4 is 117 Å². The number of rotatable bonds is 10. The third-order valence-electron chi connectivity index (χ3n) is 22.7. The van der Waals surface area contributed by atoms with E-state index in [1.165, 1.54) is 41.0 Å². The Labute approximate surface area is 773 Å². The molecule has 10 amide bonds. The summed E-state index contributed by atoms with van der Waals surface area (Å²) in [5, 5.41) is 55.0. The van der Waals surface area contributed by atoms with Crippen LogP contribution >= 0.6 is 58.0 Å². The molecule has 660 valence electrons. The summed E-state index contributed by atoms with van der Waals surface area (Å²) in [7, 11) is 0. The van der Waals surface area contributed by atoms with Crippen LogP contribution in [0.5, 0.6) is 0 Å². The molecule has 0 saturated heterocycles.